The van der Waals surface area contributed by atoms with Crippen LogP contribution in [0.25, 0.3) is 0 Å². The van der Waals surface area contributed by atoms with Crippen molar-refractivity contribution in [3.63, 3.8) is 0 Å². The molecular weight excluding hydrogens is 487 g/mol. The van der Waals surface area contributed by atoms with Gasteiger partial charge in [-0.15, -0.1) is 0 Å². The third kappa shape index (κ3) is 7.54. The Balaban J connectivity index is 2.11. The molecule has 0 saturated carbocycles. The van der Waals surface area contributed by atoms with Crippen LogP contribution < -0.4 is 13.6 Å². The highest BCUT2D eigenvalue weighted by atomic mass is 31.2. The standard InChI is InChI=1S/C34H47O3P/c1-31(2,3)24-21-22-30(27(23-24)34(10,11)12)37-38(35-28-19-15-13-17-25(28)32(4,5)6)36-29-20-16-14-18-26(29)33(7,8)9/h13-23H,1-12H3. The molecule has 3 rings (SSSR count). The van der Waals surface area contributed by atoms with Crippen LogP contribution in [0.4, 0.5) is 0 Å². The minimum atomic E-state index is -1.82. The third-order valence-electron chi connectivity index (χ3n) is 6.56. The molecule has 3 nitrogen and oxygen atoms in total. The summed E-state index contributed by atoms with van der Waals surface area (Å²) in [6.45, 7) is 26.5. The molecule has 0 radical (unpaired) electrons. The van der Waals surface area contributed by atoms with Crippen LogP contribution in [-0.2, 0) is 21.7 Å². The molecule has 4 heteroatoms. The van der Waals surface area contributed by atoms with E-state index in [4.69, 9.17) is 13.6 Å². The van der Waals surface area contributed by atoms with Gasteiger partial charge in [0.05, 0.1) is 0 Å². The lowest BCUT2D eigenvalue weighted by molar-refractivity contribution is 0.372. The Hall–Kier alpha value is -2.51. The molecule has 0 atom stereocenters. The van der Waals surface area contributed by atoms with Gasteiger partial charge in [0.15, 0.2) is 0 Å². The molecule has 0 aliphatic rings. The van der Waals surface area contributed by atoms with Gasteiger partial charge in [-0.3, -0.25) is 0 Å². The van der Waals surface area contributed by atoms with Crippen molar-refractivity contribution in [1.29, 1.82) is 0 Å². The van der Waals surface area contributed by atoms with E-state index in [9.17, 15) is 0 Å². The molecule has 0 aromatic heterocycles. The van der Waals surface area contributed by atoms with Gasteiger partial charge >= 0.3 is 8.60 Å². The summed E-state index contributed by atoms with van der Waals surface area (Å²) in [5.74, 6) is 2.35. The molecule has 0 bridgehead atoms. The van der Waals surface area contributed by atoms with E-state index in [0.717, 1.165) is 33.9 Å². The van der Waals surface area contributed by atoms with Crippen LogP contribution in [-0.4, -0.2) is 0 Å². The molecular formula is C34H47O3P. The van der Waals surface area contributed by atoms with Crippen molar-refractivity contribution in [1.82, 2.24) is 0 Å². The van der Waals surface area contributed by atoms with Crippen LogP contribution in [0.2, 0.25) is 0 Å². The first-order valence-electron chi connectivity index (χ1n) is 13.6. The predicted molar refractivity (Wildman–Crippen MR) is 163 cm³/mol. The summed E-state index contributed by atoms with van der Waals surface area (Å²) in [7, 11) is -1.82. The minimum Gasteiger partial charge on any atom is -0.408 e. The first kappa shape index (κ1) is 30.0. The highest BCUT2D eigenvalue weighted by Gasteiger charge is 2.30. The van der Waals surface area contributed by atoms with Gasteiger partial charge < -0.3 is 13.6 Å². The maximum absolute atomic E-state index is 6.70. The zero-order valence-electron chi connectivity index (χ0n) is 25.5. The second kappa shape index (κ2) is 10.9. The van der Waals surface area contributed by atoms with Crippen LogP contribution in [0.3, 0.4) is 0 Å². The van der Waals surface area contributed by atoms with E-state index in [0.29, 0.717) is 0 Å². The quantitative estimate of drug-likeness (QED) is 0.294. The Kier molecular flexibility index (Phi) is 8.64. The minimum absolute atomic E-state index is 0.0353. The summed E-state index contributed by atoms with van der Waals surface area (Å²) < 4.78 is 20.0. The SMILES string of the molecule is CC(C)(C)c1ccc(OP(Oc2ccccc2C(C)(C)C)Oc2ccccc2C(C)(C)C)c(C(C)(C)C)c1. The van der Waals surface area contributed by atoms with E-state index in [1.165, 1.54) is 5.56 Å². The predicted octanol–water partition coefficient (Wildman–Crippen LogP) is 10.6. The monoisotopic (exact) mass is 534 g/mol. The summed E-state index contributed by atoms with van der Waals surface area (Å²) in [6.07, 6.45) is 0. The van der Waals surface area contributed by atoms with Crippen LogP contribution >= 0.6 is 8.60 Å². The topological polar surface area (TPSA) is 27.7 Å². The second-order valence-corrected chi connectivity index (χ2v) is 15.2. The number of hydrogen-bond acceptors (Lipinski definition) is 3. The van der Waals surface area contributed by atoms with E-state index in [1.807, 2.05) is 24.3 Å². The van der Waals surface area contributed by atoms with Gasteiger partial charge in [-0.05, 0) is 45.4 Å². The van der Waals surface area contributed by atoms with Crippen LogP contribution in [0.5, 0.6) is 17.2 Å². The molecule has 0 unspecified atom stereocenters. The molecule has 0 saturated heterocycles. The van der Waals surface area contributed by atoms with Gasteiger partial charge in [0, 0.05) is 16.7 Å². The Morgan fingerprint density at radius 2 is 0.789 bits per heavy atom. The molecule has 0 N–H and O–H groups in total. The third-order valence-corrected chi connectivity index (χ3v) is 7.60. The first-order chi connectivity index (χ1) is 17.4. The summed E-state index contributed by atoms with van der Waals surface area (Å²) >= 11 is 0. The highest BCUT2D eigenvalue weighted by molar-refractivity contribution is 7.43. The maximum atomic E-state index is 6.70. The van der Waals surface area contributed by atoms with Crippen LogP contribution in [0.1, 0.15) is 105 Å². The summed E-state index contributed by atoms with van der Waals surface area (Å²) in [6, 6.07) is 22.9. The summed E-state index contributed by atoms with van der Waals surface area (Å²) in [5.41, 5.74) is 4.37. The lowest BCUT2D eigenvalue weighted by Crippen LogP contribution is -2.18. The highest BCUT2D eigenvalue weighted by Crippen LogP contribution is 2.49. The largest absolute Gasteiger partial charge is 0.530 e. The molecule has 0 spiro atoms. The van der Waals surface area contributed by atoms with Crippen molar-refractivity contribution in [2.45, 2.75) is 105 Å². The Labute approximate surface area is 232 Å². The van der Waals surface area contributed by atoms with Crippen molar-refractivity contribution < 1.29 is 13.6 Å². The lowest BCUT2D eigenvalue weighted by atomic mass is 9.80. The van der Waals surface area contributed by atoms with Crippen molar-refractivity contribution in [3.8, 4) is 17.2 Å². The molecule has 0 aliphatic heterocycles. The van der Waals surface area contributed by atoms with Crippen molar-refractivity contribution in [2.75, 3.05) is 0 Å². The lowest BCUT2D eigenvalue weighted by Gasteiger charge is -2.30. The number of benzene rings is 3. The van der Waals surface area contributed by atoms with Gasteiger partial charge in [-0.2, -0.15) is 0 Å². The molecule has 3 aromatic carbocycles. The summed E-state index contributed by atoms with van der Waals surface area (Å²) in [5, 5.41) is 0. The molecule has 0 heterocycles. The normalized spacial score (nSPS) is 13.0. The fourth-order valence-corrected chi connectivity index (χ4v) is 5.36. The zero-order chi connectivity index (χ0) is 28.5. The summed E-state index contributed by atoms with van der Waals surface area (Å²) in [4.78, 5) is 0. The molecule has 38 heavy (non-hydrogen) atoms. The van der Waals surface area contributed by atoms with Gasteiger partial charge in [0.1, 0.15) is 17.2 Å². The molecule has 3 aromatic rings. The molecule has 206 valence electrons. The van der Waals surface area contributed by atoms with Crippen molar-refractivity contribution >= 4 is 8.60 Å². The first-order valence-corrected chi connectivity index (χ1v) is 14.6. The average Bonchev–Trinajstić information content (AvgIpc) is 2.77. The second-order valence-electron chi connectivity index (χ2n) is 14.2. The Morgan fingerprint density at radius 1 is 0.421 bits per heavy atom. The Bertz CT molecular complexity index is 1170. The zero-order valence-corrected chi connectivity index (χ0v) is 26.4. The van der Waals surface area contributed by atoms with Gasteiger partial charge in [0.25, 0.3) is 0 Å². The molecule has 0 aliphatic carbocycles. The van der Waals surface area contributed by atoms with E-state index >= 15 is 0 Å². The number of para-hydroxylation sites is 2. The van der Waals surface area contributed by atoms with Crippen molar-refractivity contribution in [2.24, 2.45) is 0 Å². The van der Waals surface area contributed by atoms with Crippen molar-refractivity contribution in [3.05, 3.63) is 89.0 Å². The fourth-order valence-electron chi connectivity index (χ4n) is 4.29. The van der Waals surface area contributed by atoms with E-state index in [2.05, 4.69) is 126 Å². The van der Waals surface area contributed by atoms with Crippen LogP contribution in [0, 0.1) is 0 Å². The van der Waals surface area contributed by atoms with Crippen LogP contribution in [0.15, 0.2) is 66.7 Å². The van der Waals surface area contributed by atoms with Gasteiger partial charge in [0.2, 0.25) is 0 Å². The van der Waals surface area contributed by atoms with E-state index < -0.39 is 8.60 Å². The maximum Gasteiger partial charge on any atom is 0.530 e. The fraction of sp³-hybridized carbons (Fsp3) is 0.471. The average molecular weight is 535 g/mol. The smallest absolute Gasteiger partial charge is 0.408 e. The van der Waals surface area contributed by atoms with Gasteiger partial charge in [-0.25, -0.2) is 0 Å². The van der Waals surface area contributed by atoms with E-state index in [1.54, 1.807) is 0 Å². The number of hydrogen-bond donors (Lipinski definition) is 0. The molecule has 0 amide bonds. The number of rotatable bonds is 6. The van der Waals surface area contributed by atoms with E-state index in [-0.39, 0.29) is 21.7 Å². The van der Waals surface area contributed by atoms with Gasteiger partial charge in [-0.1, -0.05) is 132 Å². The Morgan fingerprint density at radius 3 is 1.16 bits per heavy atom. The molecule has 0 fully saturated rings.